The zero-order chi connectivity index (χ0) is 26.4. The molecule has 0 N–H and O–H groups in total. The molecule has 1 aliphatic heterocycles. The van der Waals surface area contributed by atoms with Gasteiger partial charge in [0, 0.05) is 31.9 Å². The van der Waals surface area contributed by atoms with Gasteiger partial charge in [-0.1, -0.05) is 29.8 Å². The van der Waals surface area contributed by atoms with Crippen LogP contribution >= 0.6 is 0 Å². The Bertz CT molecular complexity index is 1290. The molecule has 3 aromatic carbocycles. The number of ether oxygens (including phenoxy) is 2. The van der Waals surface area contributed by atoms with E-state index >= 15 is 0 Å². The van der Waals surface area contributed by atoms with Gasteiger partial charge in [0.05, 0.1) is 25.6 Å². The monoisotopic (exact) mass is 523 g/mol. The zero-order valence-electron chi connectivity index (χ0n) is 21.5. The summed E-state index contributed by atoms with van der Waals surface area (Å²) in [5.74, 6) is 1.26. The van der Waals surface area contributed by atoms with Crippen molar-refractivity contribution in [3.05, 3.63) is 83.9 Å². The number of aryl methyl sites for hydroxylation is 1. The van der Waals surface area contributed by atoms with Gasteiger partial charge in [-0.25, -0.2) is 8.42 Å². The average Bonchev–Trinajstić information content (AvgIpc) is 2.91. The first-order valence-electron chi connectivity index (χ1n) is 12.2. The molecule has 37 heavy (non-hydrogen) atoms. The normalized spacial score (nSPS) is 13.8. The molecular weight excluding hydrogens is 490 g/mol. The summed E-state index contributed by atoms with van der Waals surface area (Å²) in [5.41, 5.74) is 3.66. The summed E-state index contributed by atoms with van der Waals surface area (Å²) in [7, 11) is -1.84. The Morgan fingerprint density at radius 2 is 1.46 bits per heavy atom. The van der Waals surface area contributed by atoms with Gasteiger partial charge in [-0.2, -0.15) is 0 Å². The van der Waals surface area contributed by atoms with E-state index in [0.717, 1.165) is 35.7 Å². The number of hydrogen-bond acceptors (Lipinski definition) is 6. The number of carbonyl (C=O) groups excluding carboxylic acids is 1. The second-order valence-corrected chi connectivity index (χ2v) is 11.0. The number of amides is 1. The molecule has 3 aromatic rings. The molecule has 0 radical (unpaired) electrons. The Morgan fingerprint density at radius 1 is 0.865 bits per heavy atom. The van der Waals surface area contributed by atoms with Crippen LogP contribution in [0.4, 0.5) is 11.4 Å². The Hall–Kier alpha value is -3.72. The van der Waals surface area contributed by atoms with E-state index in [-0.39, 0.29) is 19.1 Å². The lowest BCUT2D eigenvalue weighted by Gasteiger charge is -2.36. The third-order valence-electron chi connectivity index (χ3n) is 6.40. The number of anilines is 2. The molecule has 0 bridgehead atoms. The second kappa shape index (κ2) is 11.6. The molecule has 1 aliphatic rings. The van der Waals surface area contributed by atoms with Crippen molar-refractivity contribution in [2.24, 2.45) is 0 Å². The molecule has 4 rings (SSSR count). The Balaban J connectivity index is 1.30. The van der Waals surface area contributed by atoms with Crippen LogP contribution in [0.1, 0.15) is 11.1 Å². The fraction of sp³-hybridized carbons (Fsp3) is 0.321. The second-order valence-electron chi connectivity index (χ2n) is 9.10. The van der Waals surface area contributed by atoms with Crippen LogP contribution in [0, 0.1) is 6.92 Å². The molecule has 0 unspecified atom stereocenters. The number of hydrogen-bond donors (Lipinski definition) is 0. The Kier molecular flexibility index (Phi) is 8.23. The maximum atomic E-state index is 12.7. The maximum Gasteiger partial charge on any atom is 0.260 e. The number of rotatable bonds is 9. The first-order chi connectivity index (χ1) is 17.7. The lowest BCUT2D eigenvalue weighted by Crippen LogP contribution is -2.50. The minimum atomic E-state index is -3.49. The number of piperazine rings is 1. The highest BCUT2D eigenvalue weighted by Crippen LogP contribution is 2.24. The van der Waals surface area contributed by atoms with Gasteiger partial charge in [-0.15, -0.1) is 0 Å². The Morgan fingerprint density at radius 3 is 2.03 bits per heavy atom. The number of sulfonamides is 1. The fourth-order valence-electron chi connectivity index (χ4n) is 4.21. The zero-order valence-corrected chi connectivity index (χ0v) is 22.3. The van der Waals surface area contributed by atoms with E-state index in [1.54, 1.807) is 36.3 Å². The van der Waals surface area contributed by atoms with Gasteiger partial charge in [0.15, 0.2) is 6.61 Å². The van der Waals surface area contributed by atoms with E-state index in [1.807, 2.05) is 55.5 Å². The summed E-state index contributed by atoms with van der Waals surface area (Å²) in [6.07, 6.45) is 1.19. The predicted molar refractivity (Wildman–Crippen MR) is 146 cm³/mol. The molecule has 0 saturated carbocycles. The molecule has 9 heteroatoms. The number of methoxy groups -OCH3 is 1. The van der Waals surface area contributed by atoms with Crippen LogP contribution in [-0.2, 0) is 21.4 Å². The van der Waals surface area contributed by atoms with E-state index in [9.17, 15) is 13.2 Å². The van der Waals surface area contributed by atoms with E-state index in [2.05, 4.69) is 4.90 Å². The fourth-order valence-corrected chi connectivity index (χ4v) is 5.10. The van der Waals surface area contributed by atoms with Crippen LogP contribution in [0.15, 0.2) is 72.8 Å². The molecule has 1 heterocycles. The Labute approximate surface area is 219 Å². The van der Waals surface area contributed by atoms with Crippen molar-refractivity contribution < 1.29 is 22.7 Å². The standard InChI is InChI=1S/C28H33N3O5S/c1-22-4-6-23(7-5-22)20-31(37(3,33)34)25-10-14-27(15-11-25)36-21-28(32)30-18-16-29(17-19-30)24-8-12-26(35-2)13-9-24/h4-15H,16-21H2,1-3H3. The quantitative estimate of drug-likeness (QED) is 0.426. The number of carbonyl (C=O) groups is 1. The summed E-state index contributed by atoms with van der Waals surface area (Å²) < 4.78 is 37.2. The van der Waals surface area contributed by atoms with Gasteiger partial charge in [0.25, 0.3) is 5.91 Å². The molecule has 1 saturated heterocycles. The third kappa shape index (κ3) is 6.95. The molecule has 1 fully saturated rings. The van der Waals surface area contributed by atoms with E-state index in [4.69, 9.17) is 9.47 Å². The van der Waals surface area contributed by atoms with E-state index < -0.39 is 10.0 Å². The van der Waals surface area contributed by atoms with Crippen molar-refractivity contribution in [2.45, 2.75) is 13.5 Å². The molecule has 0 atom stereocenters. The highest BCUT2D eigenvalue weighted by atomic mass is 32.2. The summed E-state index contributed by atoms with van der Waals surface area (Å²) in [6.45, 7) is 4.89. The molecule has 8 nitrogen and oxygen atoms in total. The van der Waals surface area contributed by atoms with E-state index in [1.165, 1.54) is 10.6 Å². The smallest absolute Gasteiger partial charge is 0.260 e. The lowest BCUT2D eigenvalue weighted by atomic mass is 10.1. The molecule has 0 aromatic heterocycles. The summed E-state index contributed by atoms with van der Waals surface area (Å²) in [5, 5.41) is 0. The van der Waals surface area contributed by atoms with Gasteiger partial charge in [0.1, 0.15) is 11.5 Å². The molecule has 196 valence electrons. The van der Waals surface area contributed by atoms with Crippen LogP contribution in [0.3, 0.4) is 0 Å². The highest BCUT2D eigenvalue weighted by Gasteiger charge is 2.22. The lowest BCUT2D eigenvalue weighted by molar-refractivity contribution is -0.133. The number of benzene rings is 3. The van der Waals surface area contributed by atoms with Crippen LogP contribution in [-0.4, -0.2) is 65.4 Å². The largest absolute Gasteiger partial charge is 0.497 e. The van der Waals surface area contributed by atoms with Gasteiger partial charge >= 0.3 is 0 Å². The third-order valence-corrected chi connectivity index (χ3v) is 7.54. The maximum absolute atomic E-state index is 12.7. The topological polar surface area (TPSA) is 79.4 Å². The first-order valence-corrected chi connectivity index (χ1v) is 14.0. The molecular formula is C28H33N3O5S. The van der Waals surface area contributed by atoms with Crippen molar-refractivity contribution in [1.29, 1.82) is 0 Å². The van der Waals surface area contributed by atoms with Crippen molar-refractivity contribution in [1.82, 2.24) is 4.90 Å². The molecule has 0 spiro atoms. The van der Waals surface area contributed by atoms with Crippen LogP contribution in [0.25, 0.3) is 0 Å². The molecule has 0 aliphatic carbocycles. The first kappa shape index (κ1) is 26.3. The summed E-state index contributed by atoms with van der Waals surface area (Å²) in [4.78, 5) is 16.8. The summed E-state index contributed by atoms with van der Waals surface area (Å²) in [6, 6.07) is 22.5. The molecule has 1 amide bonds. The van der Waals surface area contributed by atoms with Crippen LogP contribution < -0.4 is 18.7 Å². The van der Waals surface area contributed by atoms with Crippen molar-refractivity contribution in [3.8, 4) is 11.5 Å². The van der Waals surface area contributed by atoms with Gasteiger partial charge in [-0.3, -0.25) is 9.10 Å². The minimum Gasteiger partial charge on any atom is -0.497 e. The van der Waals surface area contributed by atoms with Crippen LogP contribution in [0.2, 0.25) is 0 Å². The van der Waals surface area contributed by atoms with Gasteiger partial charge in [0.2, 0.25) is 10.0 Å². The minimum absolute atomic E-state index is 0.0684. The van der Waals surface area contributed by atoms with Crippen molar-refractivity contribution in [2.75, 3.05) is 55.4 Å². The van der Waals surface area contributed by atoms with Crippen molar-refractivity contribution in [3.63, 3.8) is 0 Å². The highest BCUT2D eigenvalue weighted by molar-refractivity contribution is 7.92. The predicted octanol–water partition coefficient (Wildman–Crippen LogP) is 3.70. The van der Waals surface area contributed by atoms with Crippen LogP contribution in [0.5, 0.6) is 11.5 Å². The summed E-state index contributed by atoms with van der Waals surface area (Å²) >= 11 is 0. The SMILES string of the molecule is COc1ccc(N2CCN(C(=O)COc3ccc(N(Cc4ccc(C)cc4)S(C)(=O)=O)cc3)CC2)cc1. The van der Waals surface area contributed by atoms with E-state index in [0.29, 0.717) is 24.5 Å². The average molecular weight is 524 g/mol. The van der Waals surface area contributed by atoms with Gasteiger partial charge in [-0.05, 0) is 61.0 Å². The van der Waals surface area contributed by atoms with Gasteiger partial charge < -0.3 is 19.3 Å². The number of nitrogens with zero attached hydrogens (tertiary/aromatic N) is 3. The van der Waals surface area contributed by atoms with Crippen molar-refractivity contribution >= 4 is 27.3 Å².